The summed E-state index contributed by atoms with van der Waals surface area (Å²) >= 11 is 5.77. The number of hydrogen-bond acceptors (Lipinski definition) is 2. The van der Waals surface area contributed by atoms with Crippen LogP contribution in [0.5, 0.6) is 0 Å². The molecule has 19 heavy (non-hydrogen) atoms. The van der Waals surface area contributed by atoms with Crippen molar-refractivity contribution in [3.05, 3.63) is 29.0 Å². The molecule has 1 atom stereocenters. The van der Waals surface area contributed by atoms with Crippen molar-refractivity contribution in [1.82, 2.24) is 5.32 Å². The largest absolute Gasteiger partial charge is 0.311 e. The summed E-state index contributed by atoms with van der Waals surface area (Å²) in [6.45, 7) is 4.68. The van der Waals surface area contributed by atoms with Crippen molar-refractivity contribution in [1.29, 1.82) is 0 Å². The normalized spacial score (nSPS) is 20.2. The van der Waals surface area contributed by atoms with Gasteiger partial charge in [-0.05, 0) is 31.0 Å². The van der Waals surface area contributed by atoms with Crippen molar-refractivity contribution >= 4 is 23.2 Å². The third-order valence-electron chi connectivity index (χ3n) is 3.19. The molecule has 1 N–H and O–H groups in total. The minimum absolute atomic E-state index is 0.0302. The van der Waals surface area contributed by atoms with E-state index >= 15 is 0 Å². The van der Waals surface area contributed by atoms with Crippen LogP contribution in [0.25, 0.3) is 0 Å². The Morgan fingerprint density at radius 1 is 1.47 bits per heavy atom. The first-order valence-corrected chi connectivity index (χ1v) is 6.89. The summed E-state index contributed by atoms with van der Waals surface area (Å²) in [5, 5.41) is 3.30. The van der Waals surface area contributed by atoms with Gasteiger partial charge in [-0.15, -0.1) is 0 Å². The zero-order valence-corrected chi connectivity index (χ0v) is 11.9. The summed E-state index contributed by atoms with van der Waals surface area (Å²) in [6, 6.07) is 4.48. The quantitative estimate of drug-likeness (QED) is 0.925. The highest BCUT2D eigenvalue weighted by Crippen LogP contribution is 2.26. The van der Waals surface area contributed by atoms with E-state index in [2.05, 4.69) is 5.32 Å². The van der Waals surface area contributed by atoms with Crippen LogP contribution in [0.3, 0.4) is 0 Å². The molecule has 1 amide bonds. The lowest BCUT2D eigenvalue weighted by molar-refractivity contribution is -0.121. The topological polar surface area (TPSA) is 32.3 Å². The third-order valence-corrected chi connectivity index (χ3v) is 3.48. The summed E-state index contributed by atoms with van der Waals surface area (Å²) in [4.78, 5) is 14.1. The smallest absolute Gasteiger partial charge is 0.244 e. The highest BCUT2D eigenvalue weighted by Gasteiger charge is 2.29. The minimum atomic E-state index is -0.466. The number of carbonyl (C=O) groups is 1. The Morgan fingerprint density at radius 3 is 2.84 bits per heavy atom. The molecular weight excluding hydrogens is 267 g/mol. The Hall–Kier alpha value is -1.13. The molecule has 3 nitrogen and oxygen atoms in total. The van der Waals surface area contributed by atoms with Gasteiger partial charge in [0.05, 0.1) is 11.1 Å². The van der Waals surface area contributed by atoms with Crippen LogP contribution in [0.2, 0.25) is 5.02 Å². The molecule has 0 saturated carbocycles. The first-order valence-electron chi connectivity index (χ1n) is 6.51. The number of anilines is 1. The zero-order valence-electron chi connectivity index (χ0n) is 11.1. The van der Waals surface area contributed by atoms with Crippen LogP contribution in [-0.4, -0.2) is 24.5 Å². The van der Waals surface area contributed by atoms with Crippen molar-refractivity contribution < 1.29 is 9.18 Å². The molecule has 1 aliphatic heterocycles. The number of nitrogens with zero attached hydrogens (tertiary/aromatic N) is 1. The molecule has 1 saturated heterocycles. The molecule has 0 spiro atoms. The fourth-order valence-electron chi connectivity index (χ4n) is 2.34. The Balaban J connectivity index is 2.19. The standard InChI is InChI=1S/C14H18ClFN2O/c1-9(2)17-13-4-3-7-18(14(13)19)10-5-6-12(16)11(15)8-10/h5-6,8-9,13,17H,3-4,7H2,1-2H3. The second-order valence-corrected chi connectivity index (χ2v) is 5.51. The molecule has 2 rings (SSSR count). The predicted octanol–water partition coefficient (Wildman–Crippen LogP) is 2.97. The molecule has 5 heteroatoms. The van der Waals surface area contributed by atoms with Gasteiger partial charge in [0.1, 0.15) is 5.82 Å². The van der Waals surface area contributed by atoms with E-state index in [-0.39, 0.29) is 23.0 Å². The average molecular weight is 285 g/mol. The lowest BCUT2D eigenvalue weighted by Gasteiger charge is -2.33. The van der Waals surface area contributed by atoms with E-state index in [9.17, 15) is 9.18 Å². The van der Waals surface area contributed by atoms with Crippen LogP contribution in [0.15, 0.2) is 18.2 Å². The molecule has 0 aromatic heterocycles. The van der Waals surface area contributed by atoms with Crippen LogP contribution in [-0.2, 0) is 4.79 Å². The maximum absolute atomic E-state index is 13.2. The van der Waals surface area contributed by atoms with Crippen molar-refractivity contribution in [3.8, 4) is 0 Å². The Kier molecular flexibility index (Phi) is 4.42. The molecule has 104 valence electrons. The van der Waals surface area contributed by atoms with Crippen LogP contribution in [0, 0.1) is 5.82 Å². The summed E-state index contributed by atoms with van der Waals surface area (Å²) < 4.78 is 13.2. The van der Waals surface area contributed by atoms with Gasteiger partial charge in [0.15, 0.2) is 0 Å². The van der Waals surface area contributed by atoms with Crippen molar-refractivity contribution in [2.45, 2.75) is 38.8 Å². The van der Waals surface area contributed by atoms with Gasteiger partial charge in [-0.3, -0.25) is 4.79 Å². The molecular formula is C14H18ClFN2O. The molecule has 1 fully saturated rings. The minimum Gasteiger partial charge on any atom is -0.311 e. The molecule has 0 radical (unpaired) electrons. The molecule has 1 heterocycles. The fourth-order valence-corrected chi connectivity index (χ4v) is 2.52. The Bertz CT molecular complexity index is 479. The van der Waals surface area contributed by atoms with Gasteiger partial charge < -0.3 is 10.2 Å². The van der Waals surface area contributed by atoms with Gasteiger partial charge in [-0.25, -0.2) is 4.39 Å². The van der Waals surface area contributed by atoms with Crippen molar-refractivity contribution in [2.75, 3.05) is 11.4 Å². The summed E-state index contributed by atoms with van der Waals surface area (Å²) in [7, 11) is 0. The van der Waals surface area contributed by atoms with Crippen LogP contribution < -0.4 is 10.2 Å². The number of amides is 1. The van der Waals surface area contributed by atoms with E-state index in [0.29, 0.717) is 12.2 Å². The van der Waals surface area contributed by atoms with E-state index in [1.807, 2.05) is 13.8 Å². The number of rotatable bonds is 3. The Labute approximate surface area is 117 Å². The molecule has 0 bridgehead atoms. The van der Waals surface area contributed by atoms with Crippen molar-refractivity contribution in [3.63, 3.8) is 0 Å². The SMILES string of the molecule is CC(C)NC1CCCN(c2ccc(F)c(Cl)c2)C1=O. The fraction of sp³-hybridized carbons (Fsp3) is 0.500. The summed E-state index contributed by atoms with van der Waals surface area (Å²) in [6.07, 6.45) is 1.76. The van der Waals surface area contributed by atoms with Crippen LogP contribution >= 0.6 is 11.6 Å². The first-order chi connectivity index (χ1) is 8.99. The van der Waals surface area contributed by atoms with Crippen LogP contribution in [0.4, 0.5) is 10.1 Å². The highest BCUT2D eigenvalue weighted by atomic mass is 35.5. The number of hydrogen-bond donors (Lipinski definition) is 1. The lowest BCUT2D eigenvalue weighted by Crippen LogP contribution is -2.52. The van der Waals surface area contributed by atoms with E-state index in [0.717, 1.165) is 12.8 Å². The number of halogens is 2. The monoisotopic (exact) mass is 284 g/mol. The second-order valence-electron chi connectivity index (χ2n) is 5.10. The van der Waals surface area contributed by atoms with Gasteiger partial charge in [0.25, 0.3) is 0 Å². The van der Waals surface area contributed by atoms with E-state index < -0.39 is 5.82 Å². The lowest BCUT2D eigenvalue weighted by atomic mass is 10.0. The summed E-state index contributed by atoms with van der Waals surface area (Å²) in [5.74, 6) is -0.436. The zero-order chi connectivity index (χ0) is 14.0. The van der Waals surface area contributed by atoms with Gasteiger partial charge in [0.2, 0.25) is 5.91 Å². The highest BCUT2D eigenvalue weighted by molar-refractivity contribution is 6.31. The molecule has 1 aromatic carbocycles. The summed E-state index contributed by atoms with van der Waals surface area (Å²) in [5.41, 5.74) is 0.659. The number of benzene rings is 1. The molecule has 1 aliphatic rings. The molecule has 1 unspecified atom stereocenters. The number of piperidine rings is 1. The number of carbonyl (C=O) groups excluding carboxylic acids is 1. The third kappa shape index (κ3) is 3.25. The first kappa shape index (κ1) is 14.3. The van der Waals surface area contributed by atoms with Crippen molar-refractivity contribution in [2.24, 2.45) is 0 Å². The van der Waals surface area contributed by atoms with Crippen LogP contribution in [0.1, 0.15) is 26.7 Å². The van der Waals surface area contributed by atoms with E-state index in [1.54, 1.807) is 11.0 Å². The predicted molar refractivity (Wildman–Crippen MR) is 75.1 cm³/mol. The average Bonchev–Trinajstić information content (AvgIpc) is 2.35. The molecule has 0 aliphatic carbocycles. The maximum atomic E-state index is 13.2. The van der Waals surface area contributed by atoms with Gasteiger partial charge in [-0.2, -0.15) is 0 Å². The Morgan fingerprint density at radius 2 is 2.21 bits per heavy atom. The number of nitrogens with one attached hydrogen (secondary N) is 1. The van der Waals surface area contributed by atoms with E-state index in [4.69, 9.17) is 11.6 Å². The second kappa shape index (κ2) is 5.88. The molecule has 1 aromatic rings. The maximum Gasteiger partial charge on any atom is 0.244 e. The van der Waals surface area contributed by atoms with Gasteiger partial charge >= 0.3 is 0 Å². The van der Waals surface area contributed by atoms with Gasteiger partial charge in [0, 0.05) is 18.3 Å². The van der Waals surface area contributed by atoms with E-state index in [1.165, 1.54) is 12.1 Å². The van der Waals surface area contributed by atoms with Gasteiger partial charge in [-0.1, -0.05) is 25.4 Å².